The van der Waals surface area contributed by atoms with Crippen molar-refractivity contribution in [3.63, 3.8) is 0 Å². The molecular weight excluding hydrogens is 244 g/mol. The minimum Gasteiger partial charge on any atom is -0.493 e. The third-order valence-corrected chi connectivity index (χ3v) is 3.63. The van der Waals surface area contributed by atoms with Crippen molar-refractivity contribution in [2.24, 2.45) is 11.7 Å². The molecule has 2 rings (SSSR count). The van der Waals surface area contributed by atoms with Crippen LogP contribution in [0.25, 0.3) is 0 Å². The summed E-state index contributed by atoms with van der Waals surface area (Å²) in [4.78, 5) is 11.7. The normalized spacial score (nSPS) is 23.6. The minimum atomic E-state index is -0.268. The van der Waals surface area contributed by atoms with Crippen molar-refractivity contribution in [1.82, 2.24) is 15.1 Å². The van der Waals surface area contributed by atoms with Gasteiger partial charge in [0, 0.05) is 6.04 Å². The van der Waals surface area contributed by atoms with Crippen LogP contribution >= 0.6 is 0 Å². The van der Waals surface area contributed by atoms with Crippen LogP contribution in [0.3, 0.4) is 0 Å². The number of nitrogens with one attached hydrogen (secondary N) is 1. The van der Waals surface area contributed by atoms with Gasteiger partial charge >= 0.3 is 0 Å². The molecule has 1 aliphatic rings. The second-order valence-electron chi connectivity index (χ2n) is 5.22. The van der Waals surface area contributed by atoms with Gasteiger partial charge in [0.1, 0.15) is 0 Å². The average molecular weight is 266 g/mol. The highest BCUT2D eigenvalue weighted by atomic mass is 16.5. The fourth-order valence-corrected chi connectivity index (χ4v) is 2.70. The first-order valence-electron chi connectivity index (χ1n) is 6.70. The Labute approximate surface area is 113 Å². The summed E-state index contributed by atoms with van der Waals surface area (Å²) in [6, 6.07) is 0.0854. The second-order valence-corrected chi connectivity index (χ2v) is 5.22. The molecule has 1 fully saturated rings. The Kier molecular flexibility index (Phi) is 4.09. The molecule has 2 heterocycles. The molecule has 1 aliphatic heterocycles. The smallest absolute Gasteiger partial charge is 0.222 e. The Balaban J connectivity index is 2.42. The lowest BCUT2D eigenvalue weighted by atomic mass is 9.88. The van der Waals surface area contributed by atoms with Gasteiger partial charge in [-0.1, -0.05) is 0 Å². The SMILES string of the molecule is COc1cnn(C(C)C)c1C1NCCCC1C(N)=O. The van der Waals surface area contributed by atoms with Crippen molar-refractivity contribution in [2.75, 3.05) is 13.7 Å². The highest BCUT2D eigenvalue weighted by Crippen LogP contribution is 2.35. The number of nitrogens with two attached hydrogens (primary N) is 1. The van der Waals surface area contributed by atoms with Gasteiger partial charge in [-0.2, -0.15) is 5.10 Å². The molecule has 19 heavy (non-hydrogen) atoms. The fraction of sp³-hybridized carbons (Fsp3) is 0.692. The maximum atomic E-state index is 11.7. The van der Waals surface area contributed by atoms with E-state index in [1.54, 1.807) is 13.3 Å². The Morgan fingerprint density at radius 2 is 2.37 bits per heavy atom. The highest BCUT2D eigenvalue weighted by Gasteiger charge is 2.35. The molecule has 1 aromatic heterocycles. The van der Waals surface area contributed by atoms with E-state index in [2.05, 4.69) is 24.3 Å². The van der Waals surface area contributed by atoms with E-state index in [4.69, 9.17) is 10.5 Å². The fourth-order valence-electron chi connectivity index (χ4n) is 2.70. The third kappa shape index (κ3) is 2.58. The van der Waals surface area contributed by atoms with E-state index in [1.165, 1.54) is 0 Å². The van der Waals surface area contributed by atoms with Crippen molar-refractivity contribution in [2.45, 2.75) is 38.8 Å². The number of ether oxygens (including phenoxy) is 1. The summed E-state index contributed by atoms with van der Waals surface area (Å²) in [5.74, 6) is 0.229. The maximum Gasteiger partial charge on any atom is 0.222 e. The molecule has 0 radical (unpaired) electrons. The number of nitrogens with zero attached hydrogens (tertiary/aromatic N) is 2. The number of hydrogen-bond donors (Lipinski definition) is 2. The number of aromatic nitrogens is 2. The van der Waals surface area contributed by atoms with E-state index in [0.717, 1.165) is 25.1 Å². The molecule has 2 atom stereocenters. The molecule has 2 unspecified atom stereocenters. The molecule has 0 bridgehead atoms. The van der Waals surface area contributed by atoms with Gasteiger partial charge in [-0.25, -0.2) is 0 Å². The molecular formula is C13H22N4O2. The van der Waals surface area contributed by atoms with Gasteiger partial charge in [-0.15, -0.1) is 0 Å². The van der Waals surface area contributed by atoms with Crippen molar-refractivity contribution in [3.8, 4) is 5.75 Å². The average Bonchev–Trinajstić information content (AvgIpc) is 2.82. The lowest BCUT2D eigenvalue weighted by molar-refractivity contribution is -0.123. The predicted octanol–water partition coefficient (Wildman–Crippen LogP) is 0.999. The zero-order valence-corrected chi connectivity index (χ0v) is 11.7. The molecule has 6 nitrogen and oxygen atoms in total. The summed E-state index contributed by atoms with van der Waals surface area (Å²) < 4.78 is 7.28. The van der Waals surface area contributed by atoms with Crippen LogP contribution in [0, 0.1) is 5.92 Å². The minimum absolute atomic E-state index is 0.119. The molecule has 0 aliphatic carbocycles. The topological polar surface area (TPSA) is 82.2 Å². The first-order chi connectivity index (χ1) is 9.06. The zero-order valence-electron chi connectivity index (χ0n) is 11.7. The van der Waals surface area contributed by atoms with E-state index >= 15 is 0 Å². The lowest BCUT2D eigenvalue weighted by Crippen LogP contribution is -2.42. The van der Waals surface area contributed by atoms with Crippen LogP contribution < -0.4 is 15.8 Å². The first kappa shape index (κ1) is 13.9. The first-order valence-corrected chi connectivity index (χ1v) is 6.70. The largest absolute Gasteiger partial charge is 0.493 e. The van der Waals surface area contributed by atoms with Gasteiger partial charge in [-0.05, 0) is 33.2 Å². The molecule has 3 N–H and O–H groups in total. The van der Waals surface area contributed by atoms with Crippen LogP contribution in [-0.2, 0) is 4.79 Å². The standard InChI is InChI=1S/C13H22N4O2/c1-8(2)17-12(10(19-3)7-16-17)11-9(13(14)18)5-4-6-15-11/h7-9,11,15H,4-6H2,1-3H3,(H2,14,18). The predicted molar refractivity (Wildman–Crippen MR) is 71.8 cm³/mol. The number of carbonyl (C=O) groups is 1. The lowest BCUT2D eigenvalue weighted by Gasteiger charge is -2.32. The third-order valence-electron chi connectivity index (χ3n) is 3.63. The van der Waals surface area contributed by atoms with E-state index in [1.807, 2.05) is 4.68 Å². The summed E-state index contributed by atoms with van der Waals surface area (Å²) in [6.07, 6.45) is 3.46. The summed E-state index contributed by atoms with van der Waals surface area (Å²) in [7, 11) is 1.62. The number of primary amides is 1. The molecule has 6 heteroatoms. The molecule has 1 saturated heterocycles. The van der Waals surface area contributed by atoms with E-state index in [0.29, 0.717) is 5.75 Å². The second kappa shape index (κ2) is 5.61. The molecule has 1 amide bonds. The van der Waals surface area contributed by atoms with E-state index < -0.39 is 0 Å². The summed E-state index contributed by atoms with van der Waals surface area (Å²) in [6.45, 7) is 4.98. The van der Waals surface area contributed by atoms with Crippen LogP contribution in [-0.4, -0.2) is 29.3 Å². The van der Waals surface area contributed by atoms with Crippen molar-refractivity contribution in [1.29, 1.82) is 0 Å². The number of piperidine rings is 1. The Morgan fingerprint density at radius 3 is 2.95 bits per heavy atom. The van der Waals surface area contributed by atoms with Gasteiger partial charge in [0.15, 0.2) is 5.75 Å². The monoisotopic (exact) mass is 266 g/mol. The van der Waals surface area contributed by atoms with E-state index in [-0.39, 0.29) is 23.9 Å². The summed E-state index contributed by atoms with van der Waals surface area (Å²) in [5.41, 5.74) is 6.45. The number of methoxy groups -OCH3 is 1. The Hall–Kier alpha value is -1.56. The van der Waals surface area contributed by atoms with Crippen LogP contribution in [0.5, 0.6) is 5.75 Å². The van der Waals surface area contributed by atoms with Crippen LogP contribution in [0.15, 0.2) is 6.20 Å². The molecule has 1 aromatic rings. The maximum absolute atomic E-state index is 11.7. The van der Waals surface area contributed by atoms with Crippen molar-refractivity contribution >= 4 is 5.91 Å². The van der Waals surface area contributed by atoms with Crippen LogP contribution in [0.4, 0.5) is 0 Å². The van der Waals surface area contributed by atoms with Crippen molar-refractivity contribution in [3.05, 3.63) is 11.9 Å². The Bertz CT molecular complexity index is 455. The van der Waals surface area contributed by atoms with E-state index in [9.17, 15) is 4.79 Å². The van der Waals surface area contributed by atoms with Gasteiger partial charge < -0.3 is 15.8 Å². The van der Waals surface area contributed by atoms with Gasteiger partial charge in [-0.3, -0.25) is 9.48 Å². The van der Waals surface area contributed by atoms with Crippen molar-refractivity contribution < 1.29 is 9.53 Å². The molecule has 0 aromatic carbocycles. The highest BCUT2D eigenvalue weighted by molar-refractivity contribution is 5.78. The van der Waals surface area contributed by atoms with Crippen LogP contribution in [0.1, 0.15) is 44.5 Å². The molecule has 106 valence electrons. The number of rotatable bonds is 4. The number of carbonyl (C=O) groups excluding carboxylic acids is 1. The number of hydrogen-bond acceptors (Lipinski definition) is 4. The molecule has 0 saturated carbocycles. The molecule has 0 spiro atoms. The van der Waals surface area contributed by atoms with Gasteiger partial charge in [0.05, 0.1) is 31.0 Å². The number of amides is 1. The summed E-state index contributed by atoms with van der Waals surface area (Å²) >= 11 is 0. The van der Waals surface area contributed by atoms with Crippen LogP contribution in [0.2, 0.25) is 0 Å². The Morgan fingerprint density at radius 1 is 1.63 bits per heavy atom. The quantitative estimate of drug-likeness (QED) is 0.851. The van der Waals surface area contributed by atoms with Gasteiger partial charge in [0.2, 0.25) is 5.91 Å². The van der Waals surface area contributed by atoms with Gasteiger partial charge in [0.25, 0.3) is 0 Å². The summed E-state index contributed by atoms with van der Waals surface area (Å²) in [5, 5.41) is 7.74. The zero-order chi connectivity index (χ0) is 14.0.